The van der Waals surface area contributed by atoms with Gasteiger partial charge in [0.25, 0.3) is 5.91 Å². The summed E-state index contributed by atoms with van der Waals surface area (Å²) in [6.07, 6.45) is 0.649. The second kappa shape index (κ2) is 11.2. The number of rotatable bonds is 11. The molecule has 0 fully saturated rings. The summed E-state index contributed by atoms with van der Waals surface area (Å²) >= 11 is 1.60. The fourth-order valence-corrected chi connectivity index (χ4v) is 4.81. The molecule has 0 spiro atoms. The number of hydrogen-bond donors (Lipinski definition) is 2. The van der Waals surface area contributed by atoms with Crippen molar-refractivity contribution in [1.29, 1.82) is 0 Å². The Balaban J connectivity index is 1.44. The van der Waals surface area contributed by atoms with E-state index in [4.69, 9.17) is 0 Å². The summed E-state index contributed by atoms with van der Waals surface area (Å²) in [6.45, 7) is 2.36. The van der Waals surface area contributed by atoms with Gasteiger partial charge in [0.05, 0.1) is 4.90 Å². The first kappa shape index (κ1) is 23.1. The van der Waals surface area contributed by atoms with Gasteiger partial charge in [0, 0.05) is 36.6 Å². The standard InChI is InChI=1S/C23H27N3O3S2/c1-26(18-19-6-3-2-4-7-19)16-15-24-23(27)20-9-11-22(12-10-20)31(28,29)25-14-13-21-8-5-17-30-21/h2-12,17,25H,13-16,18H2,1H3,(H,24,27). The van der Waals surface area contributed by atoms with Crippen LogP contribution >= 0.6 is 11.3 Å². The third kappa shape index (κ3) is 7.29. The highest BCUT2D eigenvalue weighted by Gasteiger charge is 2.14. The molecule has 2 N–H and O–H groups in total. The topological polar surface area (TPSA) is 78.5 Å². The van der Waals surface area contributed by atoms with Crippen molar-refractivity contribution < 1.29 is 13.2 Å². The highest BCUT2D eigenvalue weighted by atomic mass is 32.2. The van der Waals surface area contributed by atoms with Crippen LogP contribution in [0.15, 0.2) is 77.0 Å². The first-order valence-electron chi connectivity index (χ1n) is 10.1. The van der Waals surface area contributed by atoms with Gasteiger partial charge >= 0.3 is 0 Å². The summed E-state index contributed by atoms with van der Waals surface area (Å²) in [5, 5.41) is 4.85. The van der Waals surface area contributed by atoms with E-state index in [1.165, 1.54) is 29.8 Å². The lowest BCUT2D eigenvalue weighted by atomic mass is 10.2. The molecule has 8 heteroatoms. The molecule has 0 bridgehead atoms. The van der Waals surface area contributed by atoms with Crippen LogP contribution < -0.4 is 10.0 Å². The van der Waals surface area contributed by atoms with Gasteiger partial charge < -0.3 is 10.2 Å². The Morgan fingerprint density at radius 1 is 0.968 bits per heavy atom. The maximum absolute atomic E-state index is 12.4. The minimum Gasteiger partial charge on any atom is -0.351 e. The second-order valence-corrected chi connectivity index (χ2v) is 10.0. The number of carbonyl (C=O) groups excluding carboxylic acids is 1. The largest absolute Gasteiger partial charge is 0.351 e. The van der Waals surface area contributed by atoms with Crippen molar-refractivity contribution in [3.05, 3.63) is 88.1 Å². The van der Waals surface area contributed by atoms with Crippen molar-refractivity contribution >= 4 is 27.3 Å². The van der Waals surface area contributed by atoms with E-state index in [1.807, 2.05) is 42.8 Å². The van der Waals surface area contributed by atoms with Crippen LogP contribution in [0.2, 0.25) is 0 Å². The highest BCUT2D eigenvalue weighted by Crippen LogP contribution is 2.12. The average molecular weight is 458 g/mol. The normalized spacial score (nSPS) is 11.5. The zero-order chi connectivity index (χ0) is 22.1. The van der Waals surface area contributed by atoms with Gasteiger partial charge in [-0.15, -0.1) is 11.3 Å². The predicted molar refractivity (Wildman–Crippen MR) is 125 cm³/mol. The minimum atomic E-state index is -3.60. The first-order valence-corrected chi connectivity index (χ1v) is 12.4. The summed E-state index contributed by atoms with van der Waals surface area (Å²) < 4.78 is 27.5. The second-order valence-electron chi connectivity index (χ2n) is 7.23. The van der Waals surface area contributed by atoms with Gasteiger partial charge in [-0.05, 0) is 54.7 Å². The summed E-state index contributed by atoms with van der Waals surface area (Å²) in [5.41, 5.74) is 1.65. The fourth-order valence-electron chi connectivity index (χ4n) is 3.07. The third-order valence-corrected chi connectivity index (χ3v) is 7.16. The van der Waals surface area contributed by atoms with Crippen molar-refractivity contribution in [3.63, 3.8) is 0 Å². The van der Waals surface area contributed by atoms with Gasteiger partial charge in [0.15, 0.2) is 0 Å². The molecule has 3 aromatic rings. The van der Waals surface area contributed by atoms with Crippen molar-refractivity contribution in [2.24, 2.45) is 0 Å². The number of amides is 1. The van der Waals surface area contributed by atoms with E-state index in [0.717, 1.165) is 11.4 Å². The Kier molecular flexibility index (Phi) is 8.36. The van der Waals surface area contributed by atoms with E-state index in [0.29, 0.717) is 31.6 Å². The number of likely N-dealkylation sites (N-methyl/N-ethyl adjacent to an activating group) is 1. The number of benzene rings is 2. The monoisotopic (exact) mass is 457 g/mol. The smallest absolute Gasteiger partial charge is 0.251 e. The molecule has 0 aliphatic carbocycles. The third-order valence-electron chi connectivity index (χ3n) is 4.74. The fraction of sp³-hybridized carbons (Fsp3) is 0.261. The van der Waals surface area contributed by atoms with Crippen LogP contribution in [0.3, 0.4) is 0 Å². The lowest BCUT2D eigenvalue weighted by molar-refractivity contribution is 0.0949. The molecule has 0 aliphatic heterocycles. The highest BCUT2D eigenvalue weighted by molar-refractivity contribution is 7.89. The lowest BCUT2D eigenvalue weighted by Crippen LogP contribution is -2.32. The lowest BCUT2D eigenvalue weighted by Gasteiger charge is -2.17. The molecule has 31 heavy (non-hydrogen) atoms. The van der Waals surface area contributed by atoms with Crippen LogP contribution in [0.25, 0.3) is 0 Å². The van der Waals surface area contributed by atoms with E-state index in [9.17, 15) is 13.2 Å². The van der Waals surface area contributed by atoms with Crippen LogP contribution in [0, 0.1) is 0 Å². The van der Waals surface area contributed by atoms with Crippen LogP contribution in [-0.2, 0) is 23.0 Å². The maximum atomic E-state index is 12.4. The number of carbonyl (C=O) groups is 1. The number of nitrogens with zero attached hydrogens (tertiary/aromatic N) is 1. The molecule has 1 aromatic heterocycles. The molecule has 164 valence electrons. The molecule has 0 radical (unpaired) electrons. The summed E-state index contributed by atoms with van der Waals surface area (Å²) in [7, 11) is -1.59. The number of sulfonamides is 1. The molecule has 0 unspecified atom stereocenters. The Labute approximate surface area is 188 Å². The van der Waals surface area contributed by atoms with Gasteiger partial charge in [0.2, 0.25) is 10.0 Å². The van der Waals surface area contributed by atoms with Gasteiger partial charge in [-0.25, -0.2) is 13.1 Å². The molecule has 0 saturated heterocycles. The molecule has 1 amide bonds. The summed E-state index contributed by atoms with van der Waals surface area (Å²) in [6, 6.07) is 20.1. The van der Waals surface area contributed by atoms with Crippen LogP contribution in [0.4, 0.5) is 0 Å². The SMILES string of the molecule is CN(CCNC(=O)c1ccc(S(=O)(=O)NCCc2cccs2)cc1)Cc1ccccc1. The molecule has 0 saturated carbocycles. The molecular formula is C23H27N3O3S2. The van der Waals surface area contributed by atoms with Crippen molar-refractivity contribution in [1.82, 2.24) is 14.9 Å². The number of hydrogen-bond acceptors (Lipinski definition) is 5. The average Bonchev–Trinajstić information content (AvgIpc) is 3.28. The molecule has 1 heterocycles. The van der Waals surface area contributed by atoms with Gasteiger partial charge in [-0.1, -0.05) is 36.4 Å². The van der Waals surface area contributed by atoms with E-state index < -0.39 is 10.0 Å². The predicted octanol–water partition coefficient (Wildman–Crippen LogP) is 3.13. The quantitative estimate of drug-likeness (QED) is 0.464. The Morgan fingerprint density at radius 2 is 1.71 bits per heavy atom. The Morgan fingerprint density at radius 3 is 2.39 bits per heavy atom. The molecule has 2 aromatic carbocycles. The van der Waals surface area contributed by atoms with Crippen LogP contribution in [0.5, 0.6) is 0 Å². The Hall–Kier alpha value is -2.52. The number of nitrogens with one attached hydrogen (secondary N) is 2. The van der Waals surface area contributed by atoms with E-state index in [1.54, 1.807) is 11.3 Å². The van der Waals surface area contributed by atoms with Gasteiger partial charge in [-0.3, -0.25) is 4.79 Å². The van der Waals surface area contributed by atoms with Gasteiger partial charge in [-0.2, -0.15) is 0 Å². The molecular weight excluding hydrogens is 430 g/mol. The summed E-state index contributed by atoms with van der Waals surface area (Å²) in [4.78, 5) is 15.8. The van der Waals surface area contributed by atoms with Crippen molar-refractivity contribution in [2.75, 3.05) is 26.7 Å². The molecule has 0 atom stereocenters. The zero-order valence-electron chi connectivity index (χ0n) is 17.5. The summed E-state index contributed by atoms with van der Waals surface area (Å²) in [5.74, 6) is -0.220. The van der Waals surface area contributed by atoms with Crippen LogP contribution in [0.1, 0.15) is 20.8 Å². The van der Waals surface area contributed by atoms with E-state index in [2.05, 4.69) is 27.1 Å². The molecule has 0 aliphatic rings. The molecule has 6 nitrogen and oxygen atoms in total. The minimum absolute atomic E-state index is 0.151. The molecule has 3 rings (SSSR count). The van der Waals surface area contributed by atoms with E-state index >= 15 is 0 Å². The van der Waals surface area contributed by atoms with Crippen LogP contribution in [-0.4, -0.2) is 45.9 Å². The number of thiophene rings is 1. The first-order chi connectivity index (χ1) is 14.9. The van der Waals surface area contributed by atoms with Crippen molar-refractivity contribution in [3.8, 4) is 0 Å². The van der Waals surface area contributed by atoms with Crippen molar-refractivity contribution in [2.45, 2.75) is 17.9 Å². The maximum Gasteiger partial charge on any atom is 0.251 e. The zero-order valence-corrected chi connectivity index (χ0v) is 19.1. The van der Waals surface area contributed by atoms with E-state index in [-0.39, 0.29) is 10.8 Å². The Bertz CT molecular complexity index is 1050. The van der Waals surface area contributed by atoms with Gasteiger partial charge in [0.1, 0.15) is 0 Å².